The summed E-state index contributed by atoms with van der Waals surface area (Å²) in [4.78, 5) is 28.1. The summed E-state index contributed by atoms with van der Waals surface area (Å²) in [7, 11) is 0. The summed E-state index contributed by atoms with van der Waals surface area (Å²) in [6, 6.07) is 21.1. The second-order valence-corrected chi connectivity index (χ2v) is 6.96. The van der Waals surface area contributed by atoms with Crippen molar-refractivity contribution in [2.45, 2.75) is 5.75 Å². The van der Waals surface area contributed by atoms with Gasteiger partial charge < -0.3 is 10.1 Å². The molecular weight excluding hydrogens is 360 g/mol. The molecule has 1 amide bonds. The van der Waals surface area contributed by atoms with Gasteiger partial charge in [-0.2, -0.15) is 11.8 Å². The normalized spacial score (nSPS) is 10.5. The molecule has 0 atom stereocenters. The molecule has 0 saturated heterocycles. The molecule has 1 N–H and O–H groups in total. The number of carbonyl (C=O) groups excluding carboxylic acids is 2. The van der Waals surface area contributed by atoms with Crippen molar-refractivity contribution in [2.75, 3.05) is 18.9 Å². The minimum atomic E-state index is -0.602. The lowest BCUT2D eigenvalue weighted by atomic mass is 10.2. The number of pyridine rings is 1. The smallest absolute Gasteiger partial charge is 0.357 e. The van der Waals surface area contributed by atoms with Gasteiger partial charge in [0.15, 0.2) is 6.61 Å². The molecule has 0 fully saturated rings. The van der Waals surface area contributed by atoms with E-state index in [1.54, 1.807) is 17.8 Å². The molecule has 5 nitrogen and oxygen atoms in total. The van der Waals surface area contributed by atoms with Crippen LogP contribution in [0.1, 0.15) is 16.1 Å². The second-order valence-electron chi connectivity index (χ2n) is 5.85. The molecule has 2 aromatic carbocycles. The first-order valence-corrected chi connectivity index (χ1v) is 9.79. The Morgan fingerprint density at radius 3 is 2.59 bits per heavy atom. The number of fused-ring (bicyclic) bond motifs is 1. The van der Waals surface area contributed by atoms with E-state index in [9.17, 15) is 9.59 Å². The van der Waals surface area contributed by atoms with E-state index in [0.717, 1.165) is 16.9 Å². The lowest BCUT2D eigenvalue weighted by Gasteiger charge is -2.07. The molecule has 1 aromatic heterocycles. The average Bonchev–Trinajstić information content (AvgIpc) is 2.72. The summed E-state index contributed by atoms with van der Waals surface area (Å²) in [5.41, 5.74) is 2.16. The molecular formula is C21H20N2O3S. The van der Waals surface area contributed by atoms with Gasteiger partial charge in [-0.1, -0.05) is 54.6 Å². The molecule has 138 valence electrons. The topological polar surface area (TPSA) is 68.3 Å². The van der Waals surface area contributed by atoms with Crippen LogP contribution in [0.3, 0.4) is 0 Å². The van der Waals surface area contributed by atoms with Crippen LogP contribution in [-0.2, 0) is 15.3 Å². The van der Waals surface area contributed by atoms with Crippen LogP contribution in [0.2, 0.25) is 0 Å². The van der Waals surface area contributed by atoms with Crippen molar-refractivity contribution >= 4 is 34.5 Å². The highest BCUT2D eigenvalue weighted by molar-refractivity contribution is 7.98. The van der Waals surface area contributed by atoms with Crippen LogP contribution in [-0.4, -0.2) is 35.8 Å². The number of esters is 1. The van der Waals surface area contributed by atoms with Crippen molar-refractivity contribution in [3.05, 3.63) is 78.0 Å². The van der Waals surface area contributed by atoms with Crippen LogP contribution in [0.25, 0.3) is 10.9 Å². The number of hydrogen-bond acceptors (Lipinski definition) is 5. The third kappa shape index (κ3) is 5.82. The first-order chi connectivity index (χ1) is 13.2. The van der Waals surface area contributed by atoms with Crippen LogP contribution in [0.15, 0.2) is 66.7 Å². The second kappa shape index (κ2) is 9.73. The fraction of sp³-hybridized carbons (Fsp3) is 0.190. The van der Waals surface area contributed by atoms with Crippen molar-refractivity contribution in [1.82, 2.24) is 10.3 Å². The number of rotatable bonds is 8. The summed E-state index contributed by atoms with van der Waals surface area (Å²) >= 11 is 1.74. The monoisotopic (exact) mass is 380 g/mol. The SMILES string of the molecule is O=C(COC(=O)c1ccc2ccccc2n1)NCCSCc1ccccc1. The van der Waals surface area contributed by atoms with Gasteiger partial charge in [0.1, 0.15) is 5.69 Å². The van der Waals surface area contributed by atoms with Gasteiger partial charge in [0.2, 0.25) is 0 Å². The van der Waals surface area contributed by atoms with Crippen molar-refractivity contribution in [1.29, 1.82) is 0 Å². The van der Waals surface area contributed by atoms with Crippen LogP contribution in [0.5, 0.6) is 0 Å². The number of nitrogens with zero attached hydrogens (tertiary/aromatic N) is 1. The molecule has 0 saturated carbocycles. The molecule has 27 heavy (non-hydrogen) atoms. The molecule has 0 spiro atoms. The first-order valence-electron chi connectivity index (χ1n) is 8.63. The largest absolute Gasteiger partial charge is 0.451 e. The molecule has 1 heterocycles. The van der Waals surface area contributed by atoms with E-state index in [0.29, 0.717) is 12.1 Å². The Kier molecular flexibility index (Phi) is 6.82. The van der Waals surface area contributed by atoms with Gasteiger partial charge in [0, 0.05) is 23.4 Å². The quantitative estimate of drug-likeness (QED) is 0.479. The van der Waals surface area contributed by atoms with E-state index in [-0.39, 0.29) is 18.2 Å². The Bertz CT molecular complexity index is 915. The van der Waals surface area contributed by atoms with Gasteiger partial charge in [-0.15, -0.1) is 0 Å². The van der Waals surface area contributed by atoms with E-state index in [2.05, 4.69) is 22.4 Å². The number of ether oxygens (including phenoxy) is 1. The first kappa shape index (κ1) is 18.9. The third-order valence-electron chi connectivity index (χ3n) is 3.82. The fourth-order valence-electron chi connectivity index (χ4n) is 2.46. The van der Waals surface area contributed by atoms with E-state index < -0.39 is 5.97 Å². The molecule has 0 bridgehead atoms. The van der Waals surface area contributed by atoms with E-state index in [4.69, 9.17) is 4.74 Å². The fourth-order valence-corrected chi connectivity index (χ4v) is 3.28. The number of aromatic nitrogens is 1. The molecule has 0 radical (unpaired) electrons. The standard InChI is InChI=1S/C21H20N2O3S/c24-20(22-12-13-27-15-16-6-2-1-3-7-16)14-26-21(25)19-11-10-17-8-4-5-9-18(17)23-19/h1-11H,12-15H2,(H,22,24). The van der Waals surface area contributed by atoms with Crippen LogP contribution < -0.4 is 5.32 Å². The summed E-state index contributed by atoms with van der Waals surface area (Å²) in [6.07, 6.45) is 0. The van der Waals surface area contributed by atoms with Crippen molar-refractivity contribution in [3.63, 3.8) is 0 Å². The van der Waals surface area contributed by atoms with Crippen molar-refractivity contribution in [2.24, 2.45) is 0 Å². The number of para-hydroxylation sites is 1. The summed E-state index contributed by atoms with van der Waals surface area (Å²) in [5.74, 6) is 0.777. The number of thioether (sulfide) groups is 1. The molecule has 3 aromatic rings. The summed E-state index contributed by atoms with van der Waals surface area (Å²) in [6.45, 7) is 0.221. The highest BCUT2D eigenvalue weighted by Gasteiger charge is 2.12. The number of hydrogen-bond donors (Lipinski definition) is 1. The average molecular weight is 380 g/mol. The van der Waals surface area contributed by atoms with Crippen LogP contribution >= 0.6 is 11.8 Å². The van der Waals surface area contributed by atoms with E-state index >= 15 is 0 Å². The highest BCUT2D eigenvalue weighted by atomic mass is 32.2. The van der Waals surface area contributed by atoms with Gasteiger partial charge in [0.05, 0.1) is 5.52 Å². The van der Waals surface area contributed by atoms with Gasteiger partial charge in [-0.3, -0.25) is 4.79 Å². The zero-order valence-electron chi connectivity index (χ0n) is 14.8. The van der Waals surface area contributed by atoms with E-state index in [1.807, 2.05) is 48.5 Å². The zero-order valence-corrected chi connectivity index (χ0v) is 15.6. The molecule has 0 aliphatic carbocycles. The third-order valence-corrected chi connectivity index (χ3v) is 4.85. The lowest BCUT2D eigenvalue weighted by molar-refractivity contribution is -0.124. The van der Waals surface area contributed by atoms with Gasteiger partial charge in [-0.05, 0) is 17.7 Å². The highest BCUT2D eigenvalue weighted by Crippen LogP contribution is 2.12. The molecule has 0 aliphatic heterocycles. The van der Waals surface area contributed by atoms with Crippen molar-refractivity contribution in [3.8, 4) is 0 Å². The maximum atomic E-state index is 12.1. The Morgan fingerprint density at radius 2 is 1.74 bits per heavy atom. The number of carbonyl (C=O) groups is 2. The van der Waals surface area contributed by atoms with Gasteiger partial charge in [-0.25, -0.2) is 9.78 Å². The maximum absolute atomic E-state index is 12.1. The predicted molar refractivity (Wildman–Crippen MR) is 108 cm³/mol. The minimum Gasteiger partial charge on any atom is -0.451 e. The predicted octanol–water partition coefficient (Wildman–Crippen LogP) is 3.44. The number of amides is 1. The minimum absolute atomic E-state index is 0.194. The summed E-state index contributed by atoms with van der Waals surface area (Å²) < 4.78 is 5.04. The molecule has 3 rings (SSSR count). The summed E-state index contributed by atoms with van der Waals surface area (Å²) in [5, 5.41) is 3.69. The Morgan fingerprint density at radius 1 is 0.963 bits per heavy atom. The zero-order chi connectivity index (χ0) is 18.9. The van der Waals surface area contributed by atoms with Gasteiger partial charge in [0.25, 0.3) is 5.91 Å². The van der Waals surface area contributed by atoms with Crippen LogP contribution in [0, 0.1) is 0 Å². The van der Waals surface area contributed by atoms with Crippen LogP contribution in [0.4, 0.5) is 0 Å². The maximum Gasteiger partial charge on any atom is 0.357 e. The molecule has 6 heteroatoms. The Balaban J connectivity index is 1.36. The number of benzene rings is 2. The van der Waals surface area contributed by atoms with Crippen molar-refractivity contribution < 1.29 is 14.3 Å². The lowest BCUT2D eigenvalue weighted by Crippen LogP contribution is -2.30. The number of nitrogens with one attached hydrogen (secondary N) is 1. The Labute approximate surface area is 162 Å². The Hall–Kier alpha value is -2.86. The molecule has 0 aliphatic rings. The van der Waals surface area contributed by atoms with E-state index in [1.165, 1.54) is 5.56 Å². The van der Waals surface area contributed by atoms with Gasteiger partial charge >= 0.3 is 5.97 Å². The molecule has 0 unspecified atom stereocenters.